The van der Waals surface area contributed by atoms with Gasteiger partial charge in [-0.2, -0.15) is 0 Å². The molecule has 0 N–H and O–H groups in total. The Morgan fingerprint density at radius 1 is 0.298 bits per heavy atom. The molecule has 0 unspecified atom stereocenters. The summed E-state index contributed by atoms with van der Waals surface area (Å²) >= 11 is 0. The van der Waals surface area contributed by atoms with Crippen LogP contribution < -0.4 is 0 Å². The molecule has 220 valence electrons. The van der Waals surface area contributed by atoms with E-state index in [0.29, 0.717) is 17.5 Å². The Balaban J connectivity index is 1.08. The highest BCUT2D eigenvalue weighted by Crippen LogP contribution is 2.33. The van der Waals surface area contributed by atoms with E-state index < -0.39 is 0 Å². The highest BCUT2D eigenvalue weighted by molar-refractivity contribution is 6.05. The zero-order valence-electron chi connectivity index (χ0n) is 25.3. The van der Waals surface area contributed by atoms with Gasteiger partial charge in [-0.3, -0.25) is 0 Å². The van der Waals surface area contributed by atoms with Crippen LogP contribution in [0.3, 0.4) is 0 Å². The number of rotatable bonds is 5. The van der Waals surface area contributed by atoms with Gasteiger partial charge in [0.1, 0.15) is 11.2 Å². The first-order valence-corrected chi connectivity index (χ1v) is 15.7. The van der Waals surface area contributed by atoms with Crippen molar-refractivity contribution in [3.8, 4) is 56.4 Å². The summed E-state index contributed by atoms with van der Waals surface area (Å²) in [7, 11) is 0. The summed E-state index contributed by atoms with van der Waals surface area (Å²) < 4.78 is 6.18. The van der Waals surface area contributed by atoms with E-state index in [0.717, 1.165) is 49.8 Å². The standard InChI is InChI=1S/C43H27N3O/c1-3-9-28(10-4-1)32-19-21-35-26-33(20-22-34(35)25-32)29-15-17-31(18-16-29)42-44-41(30-11-5-2-6-12-30)45-43(46-42)36-23-24-38-37-13-7-8-14-39(37)47-40(38)27-36/h1-27H. The van der Waals surface area contributed by atoms with Crippen molar-refractivity contribution in [1.29, 1.82) is 0 Å². The van der Waals surface area contributed by atoms with Crippen LogP contribution in [-0.2, 0) is 0 Å². The van der Waals surface area contributed by atoms with Crippen LogP contribution in [0.15, 0.2) is 168 Å². The molecule has 2 aromatic heterocycles. The van der Waals surface area contributed by atoms with E-state index in [1.807, 2.05) is 60.7 Å². The third-order valence-electron chi connectivity index (χ3n) is 8.73. The van der Waals surface area contributed by atoms with Crippen molar-refractivity contribution in [2.45, 2.75) is 0 Å². The third-order valence-corrected chi connectivity index (χ3v) is 8.73. The van der Waals surface area contributed by atoms with Gasteiger partial charge in [-0.15, -0.1) is 0 Å². The Hall–Kier alpha value is -6.39. The monoisotopic (exact) mass is 601 g/mol. The highest BCUT2D eigenvalue weighted by atomic mass is 16.3. The quantitative estimate of drug-likeness (QED) is 0.197. The number of hydrogen-bond donors (Lipinski definition) is 0. The maximum absolute atomic E-state index is 6.18. The second kappa shape index (κ2) is 11.2. The molecule has 7 aromatic carbocycles. The maximum Gasteiger partial charge on any atom is 0.164 e. The molecule has 0 radical (unpaired) electrons. The molecule has 47 heavy (non-hydrogen) atoms. The van der Waals surface area contributed by atoms with E-state index in [1.54, 1.807) is 0 Å². The molecule has 0 atom stereocenters. The van der Waals surface area contributed by atoms with Crippen LogP contribution in [0.2, 0.25) is 0 Å². The van der Waals surface area contributed by atoms with E-state index in [4.69, 9.17) is 19.4 Å². The Labute approximate surface area is 271 Å². The lowest BCUT2D eigenvalue weighted by Gasteiger charge is -2.10. The number of para-hydroxylation sites is 1. The molecule has 4 nitrogen and oxygen atoms in total. The molecule has 0 saturated heterocycles. The van der Waals surface area contributed by atoms with Crippen molar-refractivity contribution >= 4 is 32.7 Å². The van der Waals surface area contributed by atoms with Gasteiger partial charge in [0, 0.05) is 27.5 Å². The normalized spacial score (nSPS) is 11.4. The summed E-state index contributed by atoms with van der Waals surface area (Å²) in [4.78, 5) is 14.8. The summed E-state index contributed by atoms with van der Waals surface area (Å²) in [5.74, 6) is 1.85. The maximum atomic E-state index is 6.18. The second-order valence-corrected chi connectivity index (χ2v) is 11.7. The molecule has 9 aromatic rings. The summed E-state index contributed by atoms with van der Waals surface area (Å²) in [5, 5.41) is 4.60. The number of fused-ring (bicyclic) bond motifs is 4. The molecule has 0 spiro atoms. The van der Waals surface area contributed by atoms with E-state index >= 15 is 0 Å². The Morgan fingerprint density at radius 2 is 0.745 bits per heavy atom. The second-order valence-electron chi connectivity index (χ2n) is 11.7. The average Bonchev–Trinajstić information content (AvgIpc) is 3.53. The number of aromatic nitrogens is 3. The van der Waals surface area contributed by atoms with Gasteiger partial charge < -0.3 is 4.42 Å². The predicted molar refractivity (Wildman–Crippen MR) is 192 cm³/mol. The lowest BCUT2D eigenvalue weighted by molar-refractivity contribution is 0.669. The smallest absolute Gasteiger partial charge is 0.164 e. The van der Waals surface area contributed by atoms with E-state index in [2.05, 4.69) is 103 Å². The third kappa shape index (κ3) is 5.02. The van der Waals surface area contributed by atoms with Gasteiger partial charge in [0.2, 0.25) is 0 Å². The molecule has 4 heteroatoms. The lowest BCUT2D eigenvalue weighted by atomic mass is 9.97. The first kappa shape index (κ1) is 27.0. The van der Waals surface area contributed by atoms with Crippen LogP contribution in [-0.4, -0.2) is 15.0 Å². The first-order valence-electron chi connectivity index (χ1n) is 15.7. The van der Waals surface area contributed by atoms with Crippen LogP contribution in [0.1, 0.15) is 0 Å². The molecule has 0 bridgehead atoms. The van der Waals surface area contributed by atoms with Gasteiger partial charge in [0.15, 0.2) is 17.5 Å². The molecule has 9 rings (SSSR count). The summed E-state index contributed by atoms with van der Waals surface area (Å²) in [5.41, 5.74) is 9.15. The fourth-order valence-corrected chi connectivity index (χ4v) is 6.26. The Kier molecular flexibility index (Phi) is 6.43. The van der Waals surface area contributed by atoms with Crippen LogP contribution in [0.25, 0.3) is 89.1 Å². The van der Waals surface area contributed by atoms with E-state index in [1.165, 1.54) is 21.9 Å². The fraction of sp³-hybridized carbons (Fsp3) is 0. The number of benzene rings is 7. The van der Waals surface area contributed by atoms with Gasteiger partial charge in [-0.1, -0.05) is 133 Å². The SMILES string of the molecule is c1ccc(-c2ccc3cc(-c4ccc(-c5nc(-c6ccccc6)nc(-c6ccc7c(c6)oc6ccccc67)n5)cc4)ccc3c2)cc1. The molecule has 0 aliphatic rings. The Bertz CT molecular complexity index is 2550. The molecule has 0 aliphatic carbocycles. The zero-order chi connectivity index (χ0) is 31.2. The van der Waals surface area contributed by atoms with Crippen molar-refractivity contribution < 1.29 is 4.42 Å². The number of furan rings is 1. The van der Waals surface area contributed by atoms with Gasteiger partial charge in [0.25, 0.3) is 0 Å². The average molecular weight is 602 g/mol. The largest absolute Gasteiger partial charge is 0.456 e. The van der Waals surface area contributed by atoms with Gasteiger partial charge >= 0.3 is 0 Å². The van der Waals surface area contributed by atoms with E-state index in [9.17, 15) is 0 Å². The van der Waals surface area contributed by atoms with Crippen LogP contribution >= 0.6 is 0 Å². The van der Waals surface area contributed by atoms with Crippen molar-refractivity contribution in [2.24, 2.45) is 0 Å². The molecular formula is C43H27N3O. The summed E-state index contributed by atoms with van der Waals surface area (Å²) in [6.07, 6.45) is 0. The zero-order valence-corrected chi connectivity index (χ0v) is 25.3. The van der Waals surface area contributed by atoms with Gasteiger partial charge in [0.05, 0.1) is 0 Å². The molecule has 0 fully saturated rings. The van der Waals surface area contributed by atoms with Gasteiger partial charge in [-0.05, 0) is 63.4 Å². The van der Waals surface area contributed by atoms with Crippen LogP contribution in [0.5, 0.6) is 0 Å². The first-order chi connectivity index (χ1) is 23.2. The molecule has 0 amide bonds. The minimum absolute atomic E-state index is 0.602. The van der Waals surface area contributed by atoms with Crippen LogP contribution in [0.4, 0.5) is 0 Å². The summed E-state index contributed by atoms with van der Waals surface area (Å²) in [6, 6.07) is 56.6. The topological polar surface area (TPSA) is 51.8 Å². The highest BCUT2D eigenvalue weighted by Gasteiger charge is 2.15. The Morgan fingerprint density at radius 3 is 1.40 bits per heavy atom. The van der Waals surface area contributed by atoms with E-state index in [-0.39, 0.29) is 0 Å². The number of hydrogen-bond acceptors (Lipinski definition) is 4. The minimum atomic E-state index is 0.602. The lowest BCUT2D eigenvalue weighted by Crippen LogP contribution is -2.00. The minimum Gasteiger partial charge on any atom is -0.456 e. The van der Waals surface area contributed by atoms with Crippen molar-refractivity contribution in [2.75, 3.05) is 0 Å². The molecule has 0 saturated carbocycles. The van der Waals surface area contributed by atoms with Crippen molar-refractivity contribution in [1.82, 2.24) is 15.0 Å². The van der Waals surface area contributed by atoms with Crippen molar-refractivity contribution in [3.63, 3.8) is 0 Å². The molecule has 2 heterocycles. The fourth-order valence-electron chi connectivity index (χ4n) is 6.26. The van der Waals surface area contributed by atoms with Gasteiger partial charge in [-0.25, -0.2) is 15.0 Å². The van der Waals surface area contributed by atoms with Crippen LogP contribution in [0, 0.1) is 0 Å². The predicted octanol–water partition coefficient (Wildman–Crippen LogP) is 11.3. The summed E-state index contributed by atoms with van der Waals surface area (Å²) in [6.45, 7) is 0. The number of nitrogens with zero attached hydrogens (tertiary/aromatic N) is 3. The van der Waals surface area contributed by atoms with Crippen molar-refractivity contribution in [3.05, 3.63) is 164 Å². The molecule has 0 aliphatic heterocycles. The molecular weight excluding hydrogens is 574 g/mol.